The van der Waals surface area contributed by atoms with Crippen molar-refractivity contribution in [2.45, 2.75) is 38.8 Å². The third kappa shape index (κ3) is 2.20. The monoisotopic (exact) mass is 272 g/mol. The summed E-state index contributed by atoms with van der Waals surface area (Å²) in [5, 5.41) is 0. The maximum absolute atomic E-state index is 5.59. The van der Waals surface area contributed by atoms with Crippen LogP contribution >= 0.6 is 21.8 Å². The van der Waals surface area contributed by atoms with Crippen LogP contribution in [0.25, 0.3) is 0 Å². The Labute approximate surface area is 77.9 Å². The molecule has 0 radical (unpaired) electrons. The maximum atomic E-state index is 5.59. The highest BCUT2D eigenvalue weighted by Gasteiger charge is 2.38. The van der Waals surface area contributed by atoms with Gasteiger partial charge in [0.1, 0.15) is 0 Å². The maximum Gasteiger partial charge on any atom is 0.263 e. The molecule has 1 nitrogen and oxygen atoms in total. The molecule has 3 heteroatoms. The van der Waals surface area contributed by atoms with Gasteiger partial charge >= 0.3 is 0 Å². The Morgan fingerprint density at radius 3 is 1.40 bits per heavy atom. The van der Waals surface area contributed by atoms with Crippen molar-refractivity contribution < 1.29 is 4.43 Å². The second kappa shape index (κ2) is 4.06. The first kappa shape index (κ1) is 10.9. The van der Waals surface area contributed by atoms with Crippen LogP contribution in [0.2, 0.25) is 11.1 Å². The molecule has 0 N–H and O–H groups in total. The van der Waals surface area contributed by atoms with Gasteiger partial charge in [-0.3, -0.25) is 0 Å². The highest BCUT2D eigenvalue weighted by molar-refractivity contribution is 14.1. The third-order valence-corrected chi connectivity index (χ3v) is 14.5. The van der Waals surface area contributed by atoms with Crippen LogP contribution in [0.1, 0.15) is 27.7 Å². The van der Waals surface area contributed by atoms with Crippen LogP contribution in [0.5, 0.6) is 0 Å². The zero-order chi connectivity index (χ0) is 8.36. The van der Waals surface area contributed by atoms with Crippen molar-refractivity contribution in [1.29, 1.82) is 0 Å². The van der Waals surface area contributed by atoms with Crippen LogP contribution in [0.15, 0.2) is 0 Å². The van der Waals surface area contributed by atoms with Crippen molar-refractivity contribution in [3.63, 3.8) is 0 Å². The molecule has 0 bridgehead atoms. The van der Waals surface area contributed by atoms with Crippen LogP contribution in [0, 0.1) is 0 Å². The number of rotatable bonds is 3. The van der Waals surface area contributed by atoms with E-state index in [1.807, 2.05) is 7.11 Å². The molecule has 10 heavy (non-hydrogen) atoms. The van der Waals surface area contributed by atoms with Gasteiger partial charge in [-0.2, -0.15) is 0 Å². The summed E-state index contributed by atoms with van der Waals surface area (Å²) in [5.74, 6) is -1.41. The molecule has 0 amide bonds. The molecule has 0 aliphatic carbocycles. The zero-order valence-corrected chi connectivity index (χ0v) is 10.6. The highest BCUT2D eigenvalue weighted by atomic mass is 127. The van der Waals surface area contributed by atoms with Gasteiger partial charge in [-0.25, -0.2) is 0 Å². The molecule has 0 unspecified atom stereocenters. The standard InChI is InChI=1S/C7H17IOSi/c1-6(2)10(8,9-5)7(3)4/h6-7H,1-5H3. The van der Waals surface area contributed by atoms with Crippen molar-refractivity contribution in [2.75, 3.05) is 7.11 Å². The lowest BCUT2D eigenvalue weighted by molar-refractivity contribution is 0.398. The fourth-order valence-electron chi connectivity index (χ4n) is 1.14. The fraction of sp³-hybridized carbons (Fsp3) is 1.00. The zero-order valence-electron chi connectivity index (χ0n) is 7.44. The summed E-state index contributed by atoms with van der Waals surface area (Å²) in [5.41, 5.74) is 1.41. The van der Waals surface area contributed by atoms with Crippen LogP contribution in [0.3, 0.4) is 0 Å². The fourth-order valence-corrected chi connectivity index (χ4v) is 3.41. The predicted octanol–water partition coefficient (Wildman–Crippen LogP) is 3.33. The Morgan fingerprint density at radius 2 is 1.40 bits per heavy atom. The second-order valence-electron chi connectivity index (χ2n) is 3.21. The smallest absolute Gasteiger partial charge is 0.263 e. The molecule has 0 aliphatic heterocycles. The van der Waals surface area contributed by atoms with Gasteiger partial charge < -0.3 is 4.43 Å². The summed E-state index contributed by atoms with van der Waals surface area (Å²) in [6.45, 7) is 9.01. The van der Waals surface area contributed by atoms with Gasteiger partial charge in [0, 0.05) is 7.11 Å². The molecule has 0 aliphatic rings. The molecule has 0 aromatic carbocycles. The molecule has 0 saturated carbocycles. The molecule has 0 fully saturated rings. The van der Waals surface area contributed by atoms with Gasteiger partial charge in [0.2, 0.25) is 0 Å². The Kier molecular flexibility index (Phi) is 4.43. The van der Waals surface area contributed by atoms with Crippen LogP contribution in [0.4, 0.5) is 0 Å². The van der Waals surface area contributed by atoms with E-state index >= 15 is 0 Å². The number of halogens is 1. The first-order valence-corrected chi connectivity index (χ1v) is 8.87. The van der Waals surface area contributed by atoms with Gasteiger partial charge in [-0.1, -0.05) is 49.5 Å². The Balaban J connectivity index is 4.23. The number of hydrogen-bond donors (Lipinski definition) is 0. The lowest BCUT2D eigenvalue weighted by Crippen LogP contribution is -2.36. The lowest BCUT2D eigenvalue weighted by atomic mass is 10.5. The number of hydrogen-bond acceptors (Lipinski definition) is 1. The Bertz CT molecular complexity index is 95.8. The van der Waals surface area contributed by atoms with Gasteiger partial charge in [0.25, 0.3) is 5.81 Å². The first-order chi connectivity index (χ1) is 4.45. The highest BCUT2D eigenvalue weighted by Crippen LogP contribution is 2.38. The summed E-state index contributed by atoms with van der Waals surface area (Å²) >= 11 is 2.54. The summed E-state index contributed by atoms with van der Waals surface area (Å²) in [4.78, 5) is 0. The van der Waals surface area contributed by atoms with E-state index in [1.54, 1.807) is 0 Å². The van der Waals surface area contributed by atoms with Crippen molar-refractivity contribution in [3.05, 3.63) is 0 Å². The van der Waals surface area contributed by atoms with Crippen molar-refractivity contribution in [3.8, 4) is 0 Å². The van der Waals surface area contributed by atoms with Crippen LogP contribution < -0.4 is 0 Å². The topological polar surface area (TPSA) is 9.23 Å². The molecule has 0 aromatic rings. The van der Waals surface area contributed by atoms with E-state index in [-0.39, 0.29) is 0 Å². The third-order valence-electron chi connectivity index (χ3n) is 1.89. The molecule has 0 saturated heterocycles. The van der Waals surface area contributed by atoms with E-state index in [0.717, 1.165) is 0 Å². The van der Waals surface area contributed by atoms with Crippen molar-refractivity contribution in [2.24, 2.45) is 0 Å². The Morgan fingerprint density at radius 1 is 1.10 bits per heavy atom. The van der Waals surface area contributed by atoms with Crippen molar-refractivity contribution in [1.82, 2.24) is 0 Å². The van der Waals surface area contributed by atoms with E-state index in [0.29, 0.717) is 11.1 Å². The summed E-state index contributed by atoms with van der Waals surface area (Å²) < 4.78 is 5.59. The minimum absolute atomic E-state index is 0.707. The van der Waals surface area contributed by atoms with E-state index in [2.05, 4.69) is 49.5 Å². The van der Waals surface area contributed by atoms with Gasteiger partial charge in [0.15, 0.2) is 0 Å². The predicted molar refractivity (Wildman–Crippen MR) is 57.0 cm³/mol. The minimum Gasteiger partial charge on any atom is -0.410 e. The van der Waals surface area contributed by atoms with E-state index < -0.39 is 5.81 Å². The lowest BCUT2D eigenvalue weighted by Gasteiger charge is -2.30. The van der Waals surface area contributed by atoms with E-state index in [4.69, 9.17) is 4.43 Å². The van der Waals surface area contributed by atoms with Crippen LogP contribution in [-0.2, 0) is 4.43 Å². The van der Waals surface area contributed by atoms with E-state index in [1.165, 1.54) is 0 Å². The van der Waals surface area contributed by atoms with E-state index in [9.17, 15) is 0 Å². The minimum atomic E-state index is -1.41. The molecule has 0 spiro atoms. The molecular weight excluding hydrogens is 255 g/mol. The van der Waals surface area contributed by atoms with Gasteiger partial charge in [-0.15, -0.1) is 0 Å². The average Bonchev–Trinajstić information content (AvgIpc) is 1.85. The van der Waals surface area contributed by atoms with Crippen molar-refractivity contribution >= 4 is 27.6 Å². The Hall–Kier alpha value is 0.907. The molecular formula is C7H17IOSi. The summed E-state index contributed by atoms with van der Waals surface area (Å²) in [7, 11) is 1.85. The normalized spacial score (nSPS) is 13.2. The largest absolute Gasteiger partial charge is 0.410 e. The second-order valence-corrected chi connectivity index (χ2v) is 12.4. The SMILES string of the molecule is CO[Si](I)(C(C)C)C(C)C. The molecule has 0 aromatic heterocycles. The van der Waals surface area contributed by atoms with Crippen LogP contribution in [-0.4, -0.2) is 12.9 Å². The molecule has 0 rings (SSSR count). The van der Waals surface area contributed by atoms with Gasteiger partial charge in [-0.05, 0) is 11.1 Å². The molecule has 62 valence electrons. The average molecular weight is 272 g/mol. The first-order valence-electron chi connectivity index (χ1n) is 3.69. The molecule has 0 heterocycles. The summed E-state index contributed by atoms with van der Waals surface area (Å²) in [6, 6.07) is 0. The molecule has 0 atom stereocenters. The van der Waals surface area contributed by atoms with Gasteiger partial charge in [0.05, 0.1) is 0 Å². The summed E-state index contributed by atoms with van der Waals surface area (Å²) in [6.07, 6.45) is 0. The quantitative estimate of drug-likeness (QED) is 0.435.